The monoisotopic (exact) mass is 459 g/mol. The van der Waals surface area contributed by atoms with Crippen LogP contribution in [0.4, 0.5) is 0 Å². The summed E-state index contributed by atoms with van der Waals surface area (Å²) in [6, 6.07) is 3.40. The van der Waals surface area contributed by atoms with Gasteiger partial charge in [0, 0.05) is 19.2 Å². The van der Waals surface area contributed by atoms with Gasteiger partial charge in [-0.2, -0.15) is 0 Å². The predicted molar refractivity (Wildman–Crippen MR) is 129 cm³/mol. The van der Waals surface area contributed by atoms with Crippen LogP contribution >= 0.6 is 11.8 Å². The van der Waals surface area contributed by atoms with Gasteiger partial charge in [-0.05, 0) is 51.5 Å². The second-order valence-corrected chi connectivity index (χ2v) is 9.29. The number of amides is 1. The number of allylic oxidation sites excluding steroid dienone is 2. The maximum absolute atomic E-state index is 13.5. The molecule has 0 saturated carbocycles. The van der Waals surface area contributed by atoms with Crippen molar-refractivity contribution in [3.05, 3.63) is 34.1 Å². The molecule has 32 heavy (non-hydrogen) atoms. The summed E-state index contributed by atoms with van der Waals surface area (Å²) in [5.41, 5.74) is 1.79. The SMILES string of the molecule is CCCNC(=O)C(C)Sc1nc2cc(OC)c(OC)cc2c(=O)n1CCC1=CCCCC1. The standard InChI is InChI=1S/C24H33N3O4S/c1-5-12-25-22(28)16(2)32-24-26-19-15-21(31-4)20(30-3)14-18(19)23(29)27(24)13-11-17-9-7-6-8-10-17/h9,14-16H,5-8,10-13H2,1-4H3,(H,25,28). The topological polar surface area (TPSA) is 82.5 Å². The molecule has 1 N–H and O–H groups in total. The number of methoxy groups -OCH3 is 2. The van der Waals surface area contributed by atoms with Crippen molar-refractivity contribution in [3.63, 3.8) is 0 Å². The summed E-state index contributed by atoms with van der Waals surface area (Å²) >= 11 is 1.32. The molecular formula is C24H33N3O4S. The molecule has 1 aliphatic carbocycles. The number of nitrogens with one attached hydrogen (secondary N) is 1. The molecule has 0 spiro atoms. The third kappa shape index (κ3) is 5.65. The lowest BCUT2D eigenvalue weighted by Crippen LogP contribution is -2.32. The van der Waals surface area contributed by atoms with Gasteiger partial charge in [-0.1, -0.05) is 30.3 Å². The maximum Gasteiger partial charge on any atom is 0.262 e. The summed E-state index contributed by atoms with van der Waals surface area (Å²) < 4.78 is 12.5. The van der Waals surface area contributed by atoms with E-state index < -0.39 is 0 Å². The predicted octanol–water partition coefficient (Wildman–Crippen LogP) is 4.31. The average Bonchev–Trinajstić information content (AvgIpc) is 2.82. The minimum absolute atomic E-state index is 0.0555. The molecule has 1 heterocycles. The van der Waals surface area contributed by atoms with Gasteiger partial charge in [-0.15, -0.1) is 0 Å². The van der Waals surface area contributed by atoms with E-state index in [1.807, 2.05) is 13.8 Å². The molecule has 1 unspecified atom stereocenters. The highest BCUT2D eigenvalue weighted by Gasteiger charge is 2.21. The van der Waals surface area contributed by atoms with Crippen molar-refractivity contribution in [1.29, 1.82) is 0 Å². The normalized spacial score (nSPS) is 14.7. The second-order valence-electron chi connectivity index (χ2n) is 7.98. The number of hydrogen-bond donors (Lipinski definition) is 1. The first-order valence-corrected chi connectivity index (χ1v) is 12.1. The lowest BCUT2D eigenvalue weighted by Gasteiger charge is -2.18. The maximum atomic E-state index is 13.5. The van der Waals surface area contributed by atoms with Crippen LogP contribution in [-0.4, -0.2) is 41.5 Å². The zero-order valence-electron chi connectivity index (χ0n) is 19.4. The van der Waals surface area contributed by atoms with E-state index in [1.165, 1.54) is 30.2 Å². The van der Waals surface area contributed by atoms with Crippen LogP contribution in [0, 0.1) is 0 Å². The molecule has 1 atom stereocenters. The van der Waals surface area contributed by atoms with E-state index in [2.05, 4.69) is 11.4 Å². The molecule has 8 heteroatoms. The molecule has 0 saturated heterocycles. The largest absolute Gasteiger partial charge is 0.493 e. The van der Waals surface area contributed by atoms with Crippen LogP contribution in [0.5, 0.6) is 11.5 Å². The number of rotatable bonds is 10. The number of ether oxygens (including phenoxy) is 2. The quantitative estimate of drug-likeness (QED) is 0.324. The van der Waals surface area contributed by atoms with Crippen molar-refractivity contribution in [3.8, 4) is 11.5 Å². The van der Waals surface area contributed by atoms with Crippen molar-refractivity contribution < 1.29 is 14.3 Å². The highest BCUT2D eigenvalue weighted by molar-refractivity contribution is 8.00. The van der Waals surface area contributed by atoms with E-state index in [1.54, 1.807) is 30.9 Å². The van der Waals surface area contributed by atoms with Crippen LogP contribution < -0.4 is 20.3 Å². The van der Waals surface area contributed by atoms with Crippen LogP contribution in [-0.2, 0) is 11.3 Å². The van der Waals surface area contributed by atoms with Crippen molar-refractivity contribution in [2.75, 3.05) is 20.8 Å². The Morgan fingerprint density at radius 3 is 2.66 bits per heavy atom. The average molecular weight is 460 g/mol. The van der Waals surface area contributed by atoms with Crippen molar-refractivity contribution in [2.24, 2.45) is 0 Å². The molecule has 7 nitrogen and oxygen atoms in total. The molecular weight excluding hydrogens is 426 g/mol. The Hall–Kier alpha value is -2.48. The van der Waals surface area contributed by atoms with Crippen LogP contribution in [0.2, 0.25) is 0 Å². The Bertz CT molecular complexity index is 1050. The Labute approximate surface area is 193 Å². The van der Waals surface area contributed by atoms with Gasteiger partial charge in [0.15, 0.2) is 16.7 Å². The number of nitrogens with zero attached hydrogens (tertiary/aromatic N) is 2. The first-order valence-electron chi connectivity index (χ1n) is 11.3. The number of carbonyl (C=O) groups is 1. The highest BCUT2D eigenvalue weighted by atomic mass is 32.2. The molecule has 0 fully saturated rings. The second kappa shape index (κ2) is 11.4. The van der Waals surface area contributed by atoms with E-state index in [-0.39, 0.29) is 16.7 Å². The van der Waals surface area contributed by atoms with Gasteiger partial charge in [0.1, 0.15) is 0 Å². The number of hydrogen-bond acceptors (Lipinski definition) is 6. The Morgan fingerprint density at radius 2 is 2.00 bits per heavy atom. The van der Waals surface area contributed by atoms with Gasteiger partial charge in [0.05, 0.1) is 30.4 Å². The van der Waals surface area contributed by atoms with Crippen LogP contribution in [0.25, 0.3) is 10.9 Å². The highest BCUT2D eigenvalue weighted by Crippen LogP contribution is 2.32. The minimum atomic E-state index is -0.369. The van der Waals surface area contributed by atoms with Crippen molar-refractivity contribution in [2.45, 2.75) is 69.3 Å². The van der Waals surface area contributed by atoms with E-state index >= 15 is 0 Å². The zero-order chi connectivity index (χ0) is 23.1. The van der Waals surface area contributed by atoms with Gasteiger partial charge >= 0.3 is 0 Å². The Kier molecular flexibility index (Phi) is 8.61. The first kappa shape index (κ1) is 24.2. The fraction of sp³-hybridized carbons (Fsp3) is 0.542. The van der Waals surface area contributed by atoms with Crippen LogP contribution in [0.1, 0.15) is 52.4 Å². The molecule has 0 aliphatic heterocycles. The molecule has 1 amide bonds. The summed E-state index contributed by atoms with van der Waals surface area (Å²) in [5, 5.41) is 3.58. The summed E-state index contributed by atoms with van der Waals surface area (Å²) in [6.07, 6.45) is 8.60. The molecule has 174 valence electrons. The molecule has 0 bridgehead atoms. The van der Waals surface area contributed by atoms with Crippen molar-refractivity contribution in [1.82, 2.24) is 14.9 Å². The number of benzene rings is 1. The fourth-order valence-electron chi connectivity index (χ4n) is 3.81. The van der Waals surface area contributed by atoms with E-state index in [4.69, 9.17) is 14.5 Å². The van der Waals surface area contributed by atoms with Gasteiger partial charge in [-0.3, -0.25) is 14.2 Å². The lowest BCUT2D eigenvalue weighted by molar-refractivity contribution is -0.120. The van der Waals surface area contributed by atoms with Gasteiger partial charge < -0.3 is 14.8 Å². The van der Waals surface area contributed by atoms with Crippen molar-refractivity contribution >= 4 is 28.6 Å². The fourth-order valence-corrected chi connectivity index (χ4v) is 4.76. The summed E-state index contributed by atoms with van der Waals surface area (Å²) in [6.45, 7) is 5.03. The Morgan fingerprint density at radius 1 is 1.25 bits per heavy atom. The van der Waals surface area contributed by atoms with E-state index in [0.29, 0.717) is 40.6 Å². The minimum Gasteiger partial charge on any atom is -0.493 e. The zero-order valence-corrected chi connectivity index (χ0v) is 20.2. The third-order valence-electron chi connectivity index (χ3n) is 5.67. The summed E-state index contributed by atoms with van der Waals surface area (Å²) in [4.78, 5) is 30.7. The molecule has 1 aliphatic rings. The van der Waals surface area contributed by atoms with E-state index in [0.717, 1.165) is 25.7 Å². The van der Waals surface area contributed by atoms with Crippen LogP contribution in [0.3, 0.4) is 0 Å². The molecule has 3 rings (SSSR count). The smallest absolute Gasteiger partial charge is 0.262 e. The number of fused-ring (bicyclic) bond motifs is 1. The number of aromatic nitrogens is 2. The molecule has 1 aromatic carbocycles. The summed E-state index contributed by atoms with van der Waals surface area (Å²) in [5.74, 6) is 0.954. The third-order valence-corrected chi connectivity index (χ3v) is 6.76. The van der Waals surface area contributed by atoms with Gasteiger partial charge in [0.2, 0.25) is 5.91 Å². The molecule has 0 radical (unpaired) electrons. The molecule has 1 aromatic heterocycles. The molecule has 2 aromatic rings. The summed E-state index contributed by atoms with van der Waals surface area (Å²) in [7, 11) is 3.10. The lowest BCUT2D eigenvalue weighted by atomic mass is 9.97. The number of carbonyl (C=O) groups excluding carboxylic acids is 1. The number of thioether (sulfide) groups is 1. The first-order chi connectivity index (χ1) is 15.5. The Balaban J connectivity index is 2.01. The van der Waals surface area contributed by atoms with E-state index in [9.17, 15) is 9.59 Å². The van der Waals surface area contributed by atoms with Gasteiger partial charge in [-0.25, -0.2) is 4.98 Å². The van der Waals surface area contributed by atoms with Crippen LogP contribution in [0.15, 0.2) is 33.7 Å². The van der Waals surface area contributed by atoms with Gasteiger partial charge in [0.25, 0.3) is 5.56 Å².